The molecule has 9 heterocycles. The van der Waals surface area contributed by atoms with Crippen LogP contribution in [0.2, 0.25) is 0 Å². The molecule has 0 spiro atoms. The third kappa shape index (κ3) is 16.2. The summed E-state index contributed by atoms with van der Waals surface area (Å²) in [6.07, 6.45) is 12.9. The van der Waals surface area contributed by atoms with Crippen molar-refractivity contribution in [2.24, 2.45) is 34.1 Å². The van der Waals surface area contributed by atoms with E-state index < -0.39 is 0 Å². The zero-order valence-electron chi connectivity index (χ0n) is 62.0. The minimum Gasteiger partial charge on any atom is -0.493 e. The number of nitrogens with zero attached hydrogens (tertiary/aromatic N) is 16. The maximum atomic E-state index is 13.2. The first-order chi connectivity index (χ1) is 51.3. The molecule has 1 aliphatic heterocycles. The molecular formula is C84H90N16O6. The number of hydrogen-bond acceptors (Lipinski definition) is 15. The molecule has 0 radical (unpaired) electrons. The van der Waals surface area contributed by atoms with Crippen LogP contribution in [0.1, 0.15) is 117 Å². The lowest BCUT2D eigenvalue weighted by atomic mass is 9.97. The molecule has 1 aliphatic rings. The summed E-state index contributed by atoms with van der Waals surface area (Å²) >= 11 is 0. The van der Waals surface area contributed by atoms with E-state index in [0.717, 1.165) is 74.1 Å². The Morgan fingerprint density at radius 3 is 1.24 bits per heavy atom. The Hall–Kier alpha value is -11.9. The minimum absolute atomic E-state index is 0.106. The monoisotopic (exact) mass is 1420 g/mol. The number of benzene rings is 6. The van der Waals surface area contributed by atoms with Gasteiger partial charge in [0.1, 0.15) is 47.0 Å². The summed E-state index contributed by atoms with van der Waals surface area (Å²) in [5.41, 5.74) is 14.9. The number of rotatable bonds is 21. The summed E-state index contributed by atoms with van der Waals surface area (Å²) in [7, 11) is 9.38. The van der Waals surface area contributed by atoms with Gasteiger partial charge in [0, 0.05) is 63.5 Å². The summed E-state index contributed by atoms with van der Waals surface area (Å²) in [4.78, 5) is 78.7. The molecule has 8 aromatic heterocycles. The molecule has 15 rings (SSSR count). The van der Waals surface area contributed by atoms with Crippen LogP contribution >= 0.6 is 0 Å². The Balaban J connectivity index is 0.000000141. The SMILES string of the molecule is CC(C)c1ccccc1-c1ncc2c(n1)n(Cc1cccc(OCC3CCCN(C)C3)c1)c(=O)n2C.CC(C)c1ccccc1-c1ncc2c(n1)n(Cc1cccc(OCc3ccccn3)c1)c(=O)n2C.CC(C)c1ccccc1-c1ncc2c(n1)n(Cc1cccc(OCc3cncn3C)c1)c(=O)n2C. The highest BCUT2D eigenvalue weighted by molar-refractivity contribution is 5.77. The maximum absolute atomic E-state index is 13.2. The molecule has 106 heavy (non-hydrogen) atoms. The Kier molecular flexibility index (Phi) is 22.1. The summed E-state index contributed by atoms with van der Waals surface area (Å²) < 4.78 is 29.9. The number of pyridine rings is 1. The van der Waals surface area contributed by atoms with Crippen molar-refractivity contribution in [3.8, 4) is 51.4 Å². The van der Waals surface area contributed by atoms with Crippen LogP contribution in [0.5, 0.6) is 17.2 Å². The molecule has 0 amide bonds. The zero-order valence-corrected chi connectivity index (χ0v) is 62.0. The fraction of sp³-hybridized carbons (Fsp3) is 0.298. The van der Waals surface area contributed by atoms with E-state index in [4.69, 9.17) is 29.2 Å². The van der Waals surface area contributed by atoms with Gasteiger partial charge in [-0.15, -0.1) is 0 Å². The first-order valence-electron chi connectivity index (χ1n) is 36.1. The molecule has 1 atom stereocenters. The average Bonchev–Trinajstić information content (AvgIpc) is 1.63. The van der Waals surface area contributed by atoms with Crippen molar-refractivity contribution in [3.05, 3.63) is 277 Å². The Morgan fingerprint density at radius 1 is 0.443 bits per heavy atom. The highest BCUT2D eigenvalue weighted by Crippen LogP contribution is 2.32. The van der Waals surface area contributed by atoms with E-state index in [1.54, 1.807) is 85.9 Å². The Labute approximate surface area is 615 Å². The topological polar surface area (TPSA) is 220 Å². The van der Waals surface area contributed by atoms with E-state index in [0.29, 0.717) is 109 Å². The molecule has 1 saturated heterocycles. The second kappa shape index (κ2) is 32.4. The number of aromatic nitrogens is 15. The van der Waals surface area contributed by atoms with Gasteiger partial charge >= 0.3 is 17.1 Å². The van der Waals surface area contributed by atoms with Gasteiger partial charge in [-0.05, 0) is 126 Å². The molecule has 1 unspecified atom stereocenters. The van der Waals surface area contributed by atoms with Gasteiger partial charge in [0.2, 0.25) is 0 Å². The van der Waals surface area contributed by atoms with Crippen molar-refractivity contribution in [3.63, 3.8) is 0 Å². The fourth-order valence-corrected chi connectivity index (χ4v) is 13.7. The van der Waals surface area contributed by atoms with Crippen LogP contribution in [0.25, 0.3) is 67.7 Å². The molecule has 22 nitrogen and oxygen atoms in total. The quantitative estimate of drug-likeness (QED) is 0.0653. The van der Waals surface area contributed by atoms with Gasteiger partial charge in [0.05, 0.1) is 68.7 Å². The number of ether oxygens (including phenoxy) is 3. The van der Waals surface area contributed by atoms with Gasteiger partial charge in [-0.3, -0.25) is 32.4 Å². The van der Waals surface area contributed by atoms with Gasteiger partial charge in [-0.1, -0.05) is 157 Å². The second-order valence-electron chi connectivity index (χ2n) is 28.1. The standard InChI is InChI=1S/C29H35N5O2.C28H27N5O2.C27H28N6O2/c1-20(2)24-12-5-6-13-25(24)27-30-16-26-28(31-27)34(29(35)33(26)4)18-21-9-7-11-23(15-21)36-19-22-10-8-14-32(3)17-22;1-19(2)23-12-4-5-13-24(23)26-30-16-25-27(31-26)33(28(34)32(25)3)17-20-9-8-11-22(15-20)35-18-21-10-6-7-14-29-21;1-18(2)22-10-5-6-11-23(22)25-29-14-24-26(30-25)33(27(34)32(24)4)15-19-8-7-9-21(12-19)35-16-20-13-28-17-31(20)3/h5-7,9,11-13,15-16,20,22H,8,10,14,17-19H2,1-4H3;4-16,19H,17-18H2,1-3H3;5-14,17-18H,15-16H2,1-4H3. The van der Waals surface area contributed by atoms with E-state index in [1.165, 1.54) is 36.1 Å². The van der Waals surface area contributed by atoms with E-state index in [2.05, 4.69) is 96.6 Å². The van der Waals surface area contributed by atoms with Crippen LogP contribution in [0, 0.1) is 5.92 Å². The highest BCUT2D eigenvalue weighted by atomic mass is 16.5. The molecule has 1 fully saturated rings. The van der Waals surface area contributed by atoms with E-state index in [-0.39, 0.29) is 17.1 Å². The number of piperidine rings is 1. The van der Waals surface area contributed by atoms with Gasteiger partial charge in [0.15, 0.2) is 34.4 Å². The van der Waals surface area contributed by atoms with E-state index >= 15 is 0 Å². The molecule has 0 bridgehead atoms. The first-order valence-corrected chi connectivity index (χ1v) is 36.1. The summed E-state index contributed by atoms with van der Waals surface area (Å²) in [6, 6.07) is 53.8. The van der Waals surface area contributed by atoms with Crippen LogP contribution in [-0.4, -0.2) is 103 Å². The highest BCUT2D eigenvalue weighted by Gasteiger charge is 2.23. The lowest BCUT2D eigenvalue weighted by Gasteiger charge is -2.29. The number of imidazole rings is 4. The lowest BCUT2D eigenvalue weighted by Crippen LogP contribution is -2.34. The van der Waals surface area contributed by atoms with Crippen molar-refractivity contribution >= 4 is 33.5 Å². The third-order valence-corrected chi connectivity index (χ3v) is 19.5. The Bertz CT molecular complexity index is 5610. The minimum atomic E-state index is -0.136. The molecule has 6 aromatic carbocycles. The average molecular weight is 1420 g/mol. The molecule has 14 aromatic rings. The van der Waals surface area contributed by atoms with Crippen molar-refractivity contribution in [2.45, 2.75) is 105 Å². The molecular weight excluding hydrogens is 1330 g/mol. The molecule has 542 valence electrons. The number of hydrogen-bond donors (Lipinski definition) is 0. The molecule has 0 aliphatic carbocycles. The van der Waals surface area contributed by atoms with Crippen LogP contribution in [-0.2, 0) is 61.0 Å². The van der Waals surface area contributed by atoms with E-state index in [9.17, 15) is 14.4 Å². The van der Waals surface area contributed by atoms with Crippen LogP contribution < -0.4 is 31.3 Å². The van der Waals surface area contributed by atoms with Crippen LogP contribution in [0.15, 0.2) is 215 Å². The van der Waals surface area contributed by atoms with Crippen molar-refractivity contribution in [1.82, 2.24) is 76.7 Å². The maximum Gasteiger partial charge on any atom is 0.330 e. The van der Waals surface area contributed by atoms with Gasteiger partial charge in [0.25, 0.3) is 0 Å². The number of aryl methyl sites for hydroxylation is 4. The number of likely N-dealkylation sites (tertiary alicyclic amines) is 1. The fourth-order valence-electron chi connectivity index (χ4n) is 13.7. The lowest BCUT2D eigenvalue weighted by molar-refractivity contribution is 0.150. The first kappa shape index (κ1) is 72.4. The smallest absolute Gasteiger partial charge is 0.330 e. The number of fused-ring (bicyclic) bond motifs is 3. The summed E-state index contributed by atoms with van der Waals surface area (Å²) in [6.45, 7) is 17.9. The van der Waals surface area contributed by atoms with Gasteiger partial charge in [-0.2, -0.15) is 0 Å². The van der Waals surface area contributed by atoms with Crippen molar-refractivity contribution in [2.75, 3.05) is 26.7 Å². The van der Waals surface area contributed by atoms with Crippen molar-refractivity contribution in [1.29, 1.82) is 0 Å². The predicted octanol–water partition coefficient (Wildman–Crippen LogP) is 13.9. The van der Waals surface area contributed by atoms with Gasteiger partial charge < -0.3 is 23.7 Å². The van der Waals surface area contributed by atoms with Crippen molar-refractivity contribution < 1.29 is 14.2 Å². The molecule has 0 N–H and O–H groups in total. The molecule has 0 saturated carbocycles. The normalized spacial score (nSPS) is 13.2. The van der Waals surface area contributed by atoms with Gasteiger partial charge in [-0.25, -0.2) is 49.3 Å². The predicted molar refractivity (Wildman–Crippen MR) is 415 cm³/mol. The Morgan fingerprint density at radius 2 is 0.849 bits per heavy atom. The zero-order chi connectivity index (χ0) is 74.1. The third-order valence-electron chi connectivity index (χ3n) is 19.5. The summed E-state index contributed by atoms with van der Waals surface area (Å²) in [5, 5.41) is 0. The molecule has 22 heteroatoms. The summed E-state index contributed by atoms with van der Waals surface area (Å²) in [5.74, 6) is 5.74. The van der Waals surface area contributed by atoms with Crippen LogP contribution in [0.3, 0.4) is 0 Å². The second-order valence-corrected chi connectivity index (χ2v) is 28.1. The largest absolute Gasteiger partial charge is 0.493 e. The van der Waals surface area contributed by atoms with Crippen LogP contribution in [0.4, 0.5) is 0 Å². The van der Waals surface area contributed by atoms with E-state index in [1.807, 2.05) is 157 Å².